The third kappa shape index (κ3) is 4.99. The summed E-state index contributed by atoms with van der Waals surface area (Å²) in [5.41, 5.74) is 5.25. The Morgan fingerprint density at radius 1 is 1.04 bits per heavy atom. The Bertz CT molecular complexity index is 960. The van der Waals surface area contributed by atoms with E-state index in [2.05, 4.69) is 16.0 Å². The van der Waals surface area contributed by atoms with Crippen LogP contribution in [0.4, 0.5) is 0 Å². The number of hydrazine groups is 1. The van der Waals surface area contributed by atoms with Gasteiger partial charge in [-0.1, -0.05) is 58.7 Å². The van der Waals surface area contributed by atoms with Crippen LogP contribution in [0.1, 0.15) is 10.5 Å². The largest absolute Gasteiger partial charge is 0.482 e. The molecule has 0 fully saturated rings. The van der Waals surface area contributed by atoms with Gasteiger partial charge in [0.2, 0.25) is 0 Å². The van der Waals surface area contributed by atoms with Crippen molar-refractivity contribution >= 4 is 35.0 Å². The van der Waals surface area contributed by atoms with Crippen LogP contribution in [-0.2, 0) is 4.79 Å². The monoisotopic (exact) mass is 405 g/mol. The van der Waals surface area contributed by atoms with Gasteiger partial charge in [0.25, 0.3) is 11.8 Å². The minimum Gasteiger partial charge on any atom is -0.482 e. The predicted octanol–water partition coefficient (Wildman–Crippen LogP) is 3.49. The number of nitrogens with one attached hydrogen (secondary N) is 2. The van der Waals surface area contributed by atoms with E-state index in [1.54, 1.807) is 6.07 Å². The summed E-state index contributed by atoms with van der Waals surface area (Å²) in [7, 11) is 0. The minimum atomic E-state index is -0.626. The Morgan fingerprint density at radius 2 is 1.81 bits per heavy atom. The first-order valence-electron chi connectivity index (χ1n) is 7.72. The Balaban J connectivity index is 1.50. The first-order chi connectivity index (χ1) is 13.0. The lowest BCUT2D eigenvalue weighted by atomic mass is 10.1. The van der Waals surface area contributed by atoms with E-state index in [-0.39, 0.29) is 17.3 Å². The first kappa shape index (κ1) is 18.8. The van der Waals surface area contributed by atoms with E-state index in [0.29, 0.717) is 16.5 Å². The fourth-order valence-electron chi connectivity index (χ4n) is 2.08. The maximum Gasteiger partial charge on any atom is 0.291 e. The van der Waals surface area contributed by atoms with Crippen LogP contribution in [-0.4, -0.2) is 23.6 Å². The van der Waals surface area contributed by atoms with Crippen LogP contribution in [0.3, 0.4) is 0 Å². The van der Waals surface area contributed by atoms with Gasteiger partial charge in [-0.2, -0.15) is 0 Å². The molecular weight excluding hydrogens is 393 g/mol. The van der Waals surface area contributed by atoms with Crippen LogP contribution in [0.2, 0.25) is 10.0 Å². The van der Waals surface area contributed by atoms with E-state index in [4.69, 9.17) is 32.5 Å². The number of benzene rings is 2. The summed E-state index contributed by atoms with van der Waals surface area (Å²) in [5.74, 6) is -0.473. The molecule has 3 rings (SSSR count). The van der Waals surface area contributed by atoms with Gasteiger partial charge in [-0.3, -0.25) is 20.4 Å². The standard InChI is InChI=1S/C18H13Cl2N3O4/c19-12-6-7-15(13(20)8-12)26-10-17(24)21-22-18(25)14-9-16(27-23-14)11-4-2-1-3-5-11/h1-9H,10H2,(H,21,24)(H,22,25). The van der Waals surface area contributed by atoms with Gasteiger partial charge < -0.3 is 9.26 Å². The summed E-state index contributed by atoms with van der Waals surface area (Å²) in [4.78, 5) is 23.8. The van der Waals surface area contributed by atoms with Crippen LogP contribution in [0.25, 0.3) is 11.3 Å². The van der Waals surface area contributed by atoms with Crippen molar-refractivity contribution in [2.45, 2.75) is 0 Å². The number of aromatic nitrogens is 1. The third-order valence-electron chi connectivity index (χ3n) is 3.37. The topological polar surface area (TPSA) is 93.5 Å². The molecular formula is C18H13Cl2N3O4. The van der Waals surface area contributed by atoms with Crippen LogP contribution in [0.5, 0.6) is 5.75 Å². The van der Waals surface area contributed by atoms with Gasteiger partial charge >= 0.3 is 0 Å². The number of rotatable bonds is 5. The summed E-state index contributed by atoms with van der Waals surface area (Å²) < 4.78 is 10.4. The van der Waals surface area contributed by atoms with Gasteiger partial charge in [-0.05, 0) is 18.2 Å². The van der Waals surface area contributed by atoms with Gasteiger partial charge in [0.05, 0.1) is 5.02 Å². The fraction of sp³-hybridized carbons (Fsp3) is 0.0556. The summed E-state index contributed by atoms with van der Waals surface area (Å²) in [5, 5.41) is 4.41. The highest BCUT2D eigenvalue weighted by Crippen LogP contribution is 2.27. The number of hydrogen-bond acceptors (Lipinski definition) is 5. The van der Waals surface area contributed by atoms with Gasteiger partial charge in [-0.25, -0.2) is 0 Å². The fourth-order valence-corrected chi connectivity index (χ4v) is 2.55. The average Bonchev–Trinajstić information content (AvgIpc) is 3.16. The molecule has 9 heteroatoms. The molecule has 2 amide bonds. The van der Waals surface area contributed by atoms with E-state index in [9.17, 15) is 9.59 Å². The molecule has 0 radical (unpaired) electrons. The highest BCUT2D eigenvalue weighted by Gasteiger charge is 2.14. The van der Waals surface area contributed by atoms with Gasteiger partial charge in [0, 0.05) is 16.7 Å². The van der Waals surface area contributed by atoms with Crippen molar-refractivity contribution in [3.8, 4) is 17.1 Å². The van der Waals surface area contributed by atoms with E-state index in [1.807, 2.05) is 30.3 Å². The molecule has 27 heavy (non-hydrogen) atoms. The highest BCUT2D eigenvalue weighted by atomic mass is 35.5. The van der Waals surface area contributed by atoms with E-state index in [1.165, 1.54) is 18.2 Å². The Morgan fingerprint density at radius 3 is 2.56 bits per heavy atom. The quantitative estimate of drug-likeness (QED) is 0.633. The average molecular weight is 406 g/mol. The van der Waals surface area contributed by atoms with Crippen LogP contribution < -0.4 is 15.6 Å². The van der Waals surface area contributed by atoms with Gasteiger partial charge in [0.1, 0.15) is 5.75 Å². The summed E-state index contributed by atoms with van der Waals surface area (Å²) in [6.07, 6.45) is 0. The predicted molar refractivity (Wildman–Crippen MR) is 99.5 cm³/mol. The van der Waals surface area contributed by atoms with Crippen molar-refractivity contribution in [1.29, 1.82) is 0 Å². The molecule has 0 aliphatic heterocycles. The molecule has 1 heterocycles. The van der Waals surface area contributed by atoms with Crippen molar-refractivity contribution in [1.82, 2.24) is 16.0 Å². The number of hydrogen-bond donors (Lipinski definition) is 2. The number of amides is 2. The smallest absolute Gasteiger partial charge is 0.291 e. The lowest BCUT2D eigenvalue weighted by Gasteiger charge is -2.09. The SMILES string of the molecule is O=C(COc1ccc(Cl)cc1Cl)NNC(=O)c1cc(-c2ccccc2)on1. The molecule has 0 unspecified atom stereocenters. The van der Waals surface area contributed by atoms with Gasteiger partial charge in [0.15, 0.2) is 18.1 Å². The zero-order valence-corrected chi connectivity index (χ0v) is 15.3. The molecule has 0 aliphatic carbocycles. The Labute approximate surface area is 164 Å². The number of carbonyl (C=O) groups excluding carboxylic acids is 2. The highest BCUT2D eigenvalue weighted by molar-refractivity contribution is 6.35. The minimum absolute atomic E-state index is 0.0239. The number of halogens is 2. The summed E-state index contributed by atoms with van der Waals surface area (Å²) >= 11 is 11.7. The number of carbonyl (C=O) groups is 2. The van der Waals surface area contributed by atoms with Crippen molar-refractivity contribution in [2.75, 3.05) is 6.61 Å². The molecule has 0 saturated carbocycles. The Kier molecular flexibility index (Phi) is 5.95. The van der Waals surface area contributed by atoms with Crippen LogP contribution in [0.15, 0.2) is 59.1 Å². The lowest BCUT2D eigenvalue weighted by molar-refractivity contribution is -0.123. The van der Waals surface area contributed by atoms with Crippen molar-refractivity contribution in [2.24, 2.45) is 0 Å². The number of ether oxygens (including phenoxy) is 1. The molecule has 0 bridgehead atoms. The second-order valence-electron chi connectivity index (χ2n) is 5.31. The molecule has 1 aromatic heterocycles. The maximum atomic E-state index is 12.0. The molecule has 2 N–H and O–H groups in total. The molecule has 138 valence electrons. The van der Waals surface area contributed by atoms with Gasteiger partial charge in [-0.15, -0.1) is 0 Å². The second-order valence-corrected chi connectivity index (χ2v) is 6.15. The Hall–Kier alpha value is -3.03. The summed E-state index contributed by atoms with van der Waals surface area (Å²) in [6.45, 7) is -0.351. The molecule has 2 aromatic carbocycles. The zero-order valence-electron chi connectivity index (χ0n) is 13.7. The molecule has 3 aromatic rings. The molecule has 0 atom stereocenters. The van der Waals surface area contributed by atoms with E-state index in [0.717, 1.165) is 5.56 Å². The van der Waals surface area contributed by atoms with Crippen LogP contribution >= 0.6 is 23.2 Å². The zero-order chi connectivity index (χ0) is 19.2. The summed E-state index contributed by atoms with van der Waals surface area (Å²) in [6, 6.07) is 15.3. The first-order valence-corrected chi connectivity index (χ1v) is 8.47. The second kappa shape index (κ2) is 8.57. The molecule has 0 aliphatic rings. The lowest BCUT2D eigenvalue weighted by Crippen LogP contribution is -2.43. The van der Waals surface area contributed by atoms with Crippen LogP contribution in [0, 0.1) is 0 Å². The maximum absolute atomic E-state index is 12.0. The van der Waals surface area contributed by atoms with Crippen molar-refractivity contribution < 1.29 is 18.8 Å². The molecule has 7 nitrogen and oxygen atoms in total. The normalized spacial score (nSPS) is 10.3. The molecule has 0 spiro atoms. The molecule has 0 saturated heterocycles. The van der Waals surface area contributed by atoms with Crippen molar-refractivity contribution in [3.63, 3.8) is 0 Å². The van der Waals surface area contributed by atoms with E-state index < -0.39 is 11.8 Å². The third-order valence-corrected chi connectivity index (χ3v) is 3.90. The number of nitrogens with zero attached hydrogens (tertiary/aromatic N) is 1. The van der Waals surface area contributed by atoms with Crippen molar-refractivity contribution in [3.05, 3.63) is 70.3 Å². The van der Waals surface area contributed by atoms with E-state index >= 15 is 0 Å².